The monoisotopic (exact) mass is 320 g/mol. The van der Waals surface area contributed by atoms with E-state index < -0.39 is 11.8 Å². The molecule has 2 amide bonds. The van der Waals surface area contributed by atoms with Gasteiger partial charge >= 0.3 is 11.8 Å². The van der Waals surface area contributed by atoms with Crippen LogP contribution in [0.1, 0.15) is 44.2 Å². The molecule has 0 atom stereocenters. The Morgan fingerprint density at radius 3 is 2.30 bits per heavy atom. The van der Waals surface area contributed by atoms with Crippen molar-refractivity contribution in [2.75, 3.05) is 18.5 Å². The molecule has 0 saturated heterocycles. The summed E-state index contributed by atoms with van der Waals surface area (Å²) in [5.41, 5.74) is 2.50. The second-order valence-corrected chi connectivity index (χ2v) is 6.14. The standard InChI is InChI=1S/C18H28N2O3/c1-5-18(6-2,9-10-21)12-19-16(22)17(23)20-15-8-7-13(3)11-14(15)4/h7-8,11,21H,5-6,9-10,12H2,1-4H3,(H,19,22)(H,20,23). The van der Waals surface area contributed by atoms with Gasteiger partial charge in [-0.1, -0.05) is 31.5 Å². The smallest absolute Gasteiger partial charge is 0.313 e. The van der Waals surface area contributed by atoms with E-state index in [1.807, 2.05) is 39.8 Å². The first-order chi connectivity index (χ1) is 10.9. The third-order valence-electron chi connectivity index (χ3n) is 4.60. The highest BCUT2D eigenvalue weighted by Crippen LogP contribution is 2.29. The Bertz CT molecular complexity index is 551. The molecule has 128 valence electrons. The zero-order valence-corrected chi connectivity index (χ0v) is 14.5. The number of aliphatic hydroxyl groups is 1. The summed E-state index contributed by atoms with van der Waals surface area (Å²) in [6.45, 7) is 8.39. The van der Waals surface area contributed by atoms with Gasteiger partial charge in [0.25, 0.3) is 0 Å². The summed E-state index contributed by atoms with van der Waals surface area (Å²) in [5.74, 6) is -1.31. The largest absolute Gasteiger partial charge is 0.396 e. The van der Waals surface area contributed by atoms with E-state index in [1.165, 1.54) is 0 Å². The van der Waals surface area contributed by atoms with Gasteiger partial charge in [0, 0.05) is 18.8 Å². The van der Waals surface area contributed by atoms with E-state index in [9.17, 15) is 14.7 Å². The molecule has 0 radical (unpaired) electrons. The summed E-state index contributed by atoms with van der Waals surface area (Å²) < 4.78 is 0. The number of carbonyl (C=O) groups is 2. The molecular formula is C18H28N2O3. The summed E-state index contributed by atoms with van der Waals surface area (Å²) in [5, 5.41) is 14.5. The van der Waals surface area contributed by atoms with E-state index in [0.29, 0.717) is 18.7 Å². The predicted octanol–water partition coefficient (Wildman–Crippen LogP) is 2.55. The Hall–Kier alpha value is -1.88. The van der Waals surface area contributed by atoms with Gasteiger partial charge in [0.15, 0.2) is 0 Å². The lowest BCUT2D eigenvalue weighted by molar-refractivity contribution is -0.136. The predicted molar refractivity (Wildman–Crippen MR) is 92.3 cm³/mol. The van der Waals surface area contributed by atoms with Crippen molar-refractivity contribution in [3.63, 3.8) is 0 Å². The van der Waals surface area contributed by atoms with Crippen LogP contribution in [0.2, 0.25) is 0 Å². The normalized spacial score (nSPS) is 11.2. The highest BCUT2D eigenvalue weighted by molar-refractivity contribution is 6.39. The number of anilines is 1. The van der Waals surface area contributed by atoms with Gasteiger partial charge in [0.2, 0.25) is 0 Å². The molecule has 0 aromatic heterocycles. The number of rotatable bonds is 7. The zero-order valence-electron chi connectivity index (χ0n) is 14.5. The Morgan fingerprint density at radius 1 is 1.13 bits per heavy atom. The summed E-state index contributed by atoms with van der Waals surface area (Å²) in [7, 11) is 0. The molecule has 0 aliphatic heterocycles. The topological polar surface area (TPSA) is 78.4 Å². The first-order valence-corrected chi connectivity index (χ1v) is 8.14. The second kappa shape index (κ2) is 8.67. The van der Waals surface area contributed by atoms with Crippen molar-refractivity contribution in [1.82, 2.24) is 5.32 Å². The van der Waals surface area contributed by atoms with E-state index >= 15 is 0 Å². The number of nitrogens with one attached hydrogen (secondary N) is 2. The number of hydrogen-bond donors (Lipinski definition) is 3. The zero-order chi connectivity index (χ0) is 17.5. The van der Waals surface area contributed by atoms with Crippen LogP contribution in [0.15, 0.2) is 18.2 Å². The lowest BCUT2D eigenvalue weighted by Gasteiger charge is -2.31. The molecule has 0 saturated carbocycles. The minimum absolute atomic E-state index is 0.0757. The maximum absolute atomic E-state index is 12.0. The molecule has 1 aromatic rings. The van der Waals surface area contributed by atoms with Crippen molar-refractivity contribution in [2.24, 2.45) is 5.41 Å². The van der Waals surface area contributed by atoms with Crippen LogP contribution in [0.5, 0.6) is 0 Å². The molecule has 23 heavy (non-hydrogen) atoms. The SMILES string of the molecule is CCC(CC)(CCO)CNC(=O)C(=O)Nc1ccc(C)cc1C. The molecule has 0 fully saturated rings. The minimum atomic E-state index is -0.665. The molecule has 0 bridgehead atoms. The van der Waals surface area contributed by atoms with Crippen molar-refractivity contribution < 1.29 is 14.7 Å². The van der Waals surface area contributed by atoms with Gasteiger partial charge in [-0.05, 0) is 50.2 Å². The molecule has 0 unspecified atom stereocenters. The molecular weight excluding hydrogens is 292 g/mol. The third-order valence-corrected chi connectivity index (χ3v) is 4.60. The van der Waals surface area contributed by atoms with Crippen molar-refractivity contribution in [3.8, 4) is 0 Å². The molecule has 5 nitrogen and oxygen atoms in total. The number of aryl methyl sites for hydroxylation is 2. The summed E-state index contributed by atoms with van der Waals surface area (Å²) in [4.78, 5) is 24.1. The van der Waals surface area contributed by atoms with Crippen molar-refractivity contribution >= 4 is 17.5 Å². The van der Waals surface area contributed by atoms with Crippen LogP contribution in [-0.2, 0) is 9.59 Å². The van der Waals surface area contributed by atoms with Crippen LogP contribution in [0.25, 0.3) is 0 Å². The van der Waals surface area contributed by atoms with Crippen LogP contribution in [0.3, 0.4) is 0 Å². The average molecular weight is 320 g/mol. The van der Waals surface area contributed by atoms with Gasteiger partial charge in [-0.3, -0.25) is 9.59 Å². The Labute approximate surface area is 138 Å². The lowest BCUT2D eigenvalue weighted by Crippen LogP contribution is -2.42. The highest BCUT2D eigenvalue weighted by atomic mass is 16.3. The Morgan fingerprint density at radius 2 is 1.78 bits per heavy atom. The fourth-order valence-electron chi connectivity index (χ4n) is 2.66. The fourth-order valence-corrected chi connectivity index (χ4v) is 2.66. The van der Waals surface area contributed by atoms with Crippen LogP contribution in [-0.4, -0.2) is 30.1 Å². The Balaban J connectivity index is 2.65. The van der Waals surface area contributed by atoms with Crippen LogP contribution in [0.4, 0.5) is 5.69 Å². The molecule has 5 heteroatoms. The van der Waals surface area contributed by atoms with E-state index in [0.717, 1.165) is 24.0 Å². The molecule has 0 aliphatic rings. The summed E-state index contributed by atoms with van der Waals surface area (Å²) in [6.07, 6.45) is 2.28. The number of amides is 2. The molecule has 0 aliphatic carbocycles. The minimum Gasteiger partial charge on any atom is -0.396 e. The van der Waals surface area contributed by atoms with Gasteiger partial charge in [0.1, 0.15) is 0 Å². The van der Waals surface area contributed by atoms with Crippen molar-refractivity contribution in [3.05, 3.63) is 29.3 Å². The maximum Gasteiger partial charge on any atom is 0.313 e. The highest BCUT2D eigenvalue weighted by Gasteiger charge is 2.27. The van der Waals surface area contributed by atoms with Gasteiger partial charge in [0.05, 0.1) is 0 Å². The van der Waals surface area contributed by atoms with Crippen LogP contribution < -0.4 is 10.6 Å². The van der Waals surface area contributed by atoms with E-state index in [2.05, 4.69) is 10.6 Å². The second-order valence-electron chi connectivity index (χ2n) is 6.14. The molecule has 0 spiro atoms. The quantitative estimate of drug-likeness (QED) is 0.676. The van der Waals surface area contributed by atoms with Crippen LogP contribution >= 0.6 is 0 Å². The van der Waals surface area contributed by atoms with Crippen molar-refractivity contribution in [1.29, 1.82) is 0 Å². The van der Waals surface area contributed by atoms with E-state index in [1.54, 1.807) is 6.07 Å². The summed E-state index contributed by atoms with van der Waals surface area (Å²) in [6, 6.07) is 5.64. The first-order valence-electron chi connectivity index (χ1n) is 8.14. The molecule has 1 aromatic carbocycles. The average Bonchev–Trinajstić information content (AvgIpc) is 2.53. The number of benzene rings is 1. The van der Waals surface area contributed by atoms with Crippen LogP contribution in [0, 0.1) is 19.3 Å². The fraction of sp³-hybridized carbons (Fsp3) is 0.556. The molecule has 1 rings (SSSR count). The van der Waals surface area contributed by atoms with Crippen molar-refractivity contribution in [2.45, 2.75) is 47.0 Å². The van der Waals surface area contributed by atoms with Gasteiger partial charge < -0.3 is 15.7 Å². The maximum atomic E-state index is 12.0. The summed E-state index contributed by atoms with van der Waals surface area (Å²) >= 11 is 0. The van der Waals surface area contributed by atoms with E-state index in [4.69, 9.17) is 0 Å². The number of carbonyl (C=O) groups excluding carboxylic acids is 2. The van der Waals surface area contributed by atoms with Gasteiger partial charge in [-0.25, -0.2) is 0 Å². The third kappa shape index (κ3) is 5.36. The van der Waals surface area contributed by atoms with Gasteiger partial charge in [-0.2, -0.15) is 0 Å². The van der Waals surface area contributed by atoms with E-state index in [-0.39, 0.29) is 12.0 Å². The lowest BCUT2D eigenvalue weighted by atomic mass is 9.79. The first kappa shape index (κ1) is 19.2. The molecule has 3 N–H and O–H groups in total. The number of aliphatic hydroxyl groups excluding tert-OH is 1. The Kier molecular flexibility index (Phi) is 7.23. The molecule has 0 heterocycles. The number of hydrogen-bond acceptors (Lipinski definition) is 3. The van der Waals surface area contributed by atoms with Gasteiger partial charge in [-0.15, -0.1) is 0 Å².